The Morgan fingerprint density at radius 1 is 1.25 bits per heavy atom. The minimum Gasteiger partial charge on any atom is -0.467 e. The molecule has 0 aliphatic carbocycles. The van der Waals surface area contributed by atoms with Crippen molar-refractivity contribution in [1.82, 2.24) is 9.47 Å². The summed E-state index contributed by atoms with van der Waals surface area (Å²) in [4.78, 5) is 26.4. The van der Waals surface area contributed by atoms with E-state index in [1.165, 1.54) is 7.11 Å². The average molecular weight is 330 g/mol. The van der Waals surface area contributed by atoms with Crippen molar-refractivity contribution in [2.24, 2.45) is 7.05 Å². The number of para-hydroxylation sites is 1. The van der Waals surface area contributed by atoms with E-state index in [2.05, 4.69) is 0 Å². The maximum absolute atomic E-state index is 12.8. The number of nitrogens with zero attached hydrogens (tertiary/aromatic N) is 2. The maximum Gasteiger partial charge on any atom is 0.328 e. The number of carbonyl (C=O) groups excluding carboxylic acids is 2. The first-order valence-corrected chi connectivity index (χ1v) is 7.98. The molecule has 24 heavy (non-hydrogen) atoms. The number of fused-ring (bicyclic) bond motifs is 1. The molecule has 1 aliphatic rings. The molecule has 0 saturated carbocycles. The van der Waals surface area contributed by atoms with Crippen LogP contribution in [-0.4, -0.2) is 54.3 Å². The quantitative estimate of drug-likeness (QED) is 0.797. The number of benzene rings is 1. The number of carbonyl (C=O) groups is 2. The second-order valence-corrected chi connectivity index (χ2v) is 6.14. The van der Waals surface area contributed by atoms with Gasteiger partial charge in [-0.3, -0.25) is 4.79 Å². The molecule has 1 saturated heterocycles. The Morgan fingerprint density at radius 2 is 2.00 bits per heavy atom. The highest BCUT2D eigenvalue weighted by Crippen LogP contribution is 2.25. The van der Waals surface area contributed by atoms with Crippen LogP contribution >= 0.6 is 0 Å². The number of amides is 1. The van der Waals surface area contributed by atoms with Crippen molar-refractivity contribution in [2.75, 3.05) is 20.8 Å². The lowest BCUT2D eigenvalue weighted by Crippen LogP contribution is -2.42. The van der Waals surface area contributed by atoms with Crippen LogP contribution < -0.4 is 0 Å². The van der Waals surface area contributed by atoms with Crippen LogP contribution in [0.25, 0.3) is 10.9 Å². The van der Waals surface area contributed by atoms with Crippen LogP contribution in [0.5, 0.6) is 0 Å². The minimum atomic E-state index is -0.567. The molecule has 0 N–H and O–H groups in total. The van der Waals surface area contributed by atoms with E-state index in [9.17, 15) is 9.59 Å². The largest absolute Gasteiger partial charge is 0.467 e. The fourth-order valence-corrected chi connectivity index (χ4v) is 3.43. The molecule has 1 aliphatic heterocycles. The van der Waals surface area contributed by atoms with E-state index in [1.54, 1.807) is 12.0 Å². The molecule has 0 bridgehead atoms. The summed E-state index contributed by atoms with van der Waals surface area (Å²) >= 11 is 0. The van der Waals surface area contributed by atoms with E-state index in [0.717, 1.165) is 16.5 Å². The van der Waals surface area contributed by atoms with Gasteiger partial charge in [-0.25, -0.2) is 4.79 Å². The number of esters is 1. The zero-order chi connectivity index (χ0) is 17.3. The van der Waals surface area contributed by atoms with E-state index in [1.807, 2.05) is 42.1 Å². The SMILES string of the molecule is COC(=O)[C@H]1C[C@@H](OC)CN1C(=O)Cc1cn(C)c2ccccc12. The predicted molar refractivity (Wildman–Crippen MR) is 89.6 cm³/mol. The van der Waals surface area contributed by atoms with Crippen molar-refractivity contribution in [2.45, 2.75) is 25.0 Å². The van der Waals surface area contributed by atoms with Gasteiger partial charge in [-0.2, -0.15) is 0 Å². The third-order valence-electron chi connectivity index (χ3n) is 4.71. The smallest absolute Gasteiger partial charge is 0.328 e. The van der Waals surface area contributed by atoms with E-state index in [4.69, 9.17) is 9.47 Å². The third kappa shape index (κ3) is 2.89. The molecule has 2 heterocycles. The highest BCUT2D eigenvalue weighted by molar-refractivity contribution is 5.91. The number of rotatable bonds is 4. The van der Waals surface area contributed by atoms with Crippen LogP contribution in [0.2, 0.25) is 0 Å². The number of likely N-dealkylation sites (tertiary alicyclic amines) is 1. The summed E-state index contributed by atoms with van der Waals surface area (Å²) < 4.78 is 12.2. The van der Waals surface area contributed by atoms with Gasteiger partial charge in [0, 0.05) is 44.2 Å². The summed E-state index contributed by atoms with van der Waals surface area (Å²) in [6.07, 6.45) is 2.57. The third-order valence-corrected chi connectivity index (χ3v) is 4.71. The summed E-state index contributed by atoms with van der Waals surface area (Å²) in [5.74, 6) is -0.470. The Balaban J connectivity index is 1.83. The molecule has 1 amide bonds. The molecule has 3 rings (SSSR count). The van der Waals surface area contributed by atoms with Crippen molar-refractivity contribution >= 4 is 22.8 Å². The van der Waals surface area contributed by atoms with Crippen LogP contribution in [0, 0.1) is 0 Å². The topological polar surface area (TPSA) is 60.8 Å². The second-order valence-electron chi connectivity index (χ2n) is 6.14. The molecule has 0 radical (unpaired) electrons. The maximum atomic E-state index is 12.8. The highest BCUT2D eigenvalue weighted by atomic mass is 16.5. The zero-order valence-corrected chi connectivity index (χ0v) is 14.2. The number of ether oxygens (including phenoxy) is 2. The number of hydrogen-bond acceptors (Lipinski definition) is 4. The van der Waals surface area contributed by atoms with Gasteiger partial charge in [0.15, 0.2) is 0 Å². The lowest BCUT2D eigenvalue weighted by Gasteiger charge is -2.22. The molecule has 2 aromatic rings. The Hall–Kier alpha value is -2.34. The first kappa shape index (κ1) is 16.5. The first-order chi connectivity index (χ1) is 11.5. The Labute approximate surface area is 140 Å². The Bertz CT molecular complexity index is 767. The number of hydrogen-bond donors (Lipinski definition) is 0. The molecular weight excluding hydrogens is 308 g/mol. The van der Waals surface area contributed by atoms with Crippen LogP contribution in [-0.2, 0) is 32.5 Å². The van der Waals surface area contributed by atoms with Gasteiger partial charge in [-0.05, 0) is 11.6 Å². The van der Waals surface area contributed by atoms with Crippen LogP contribution in [0.3, 0.4) is 0 Å². The highest BCUT2D eigenvalue weighted by Gasteiger charge is 2.40. The van der Waals surface area contributed by atoms with Gasteiger partial charge < -0.3 is 18.9 Å². The van der Waals surface area contributed by atoms with Crippen molar-refractivity contribution in [3.63, 3.8) is 0 Å². The van der Waals surface area contributed by atoms with Gasteiger partial charge in [0.1, 0.15) is 6.04 Å². The summed E-state index contributed by atoms with van der Waals surface area (Å²) in [5, 5.41) is 1.06. The van der Waals surface area contributed by atoms with Gasteiger partial charge in [0.25, 0.3) is 0 Å². The number of aromatic nitrogens is 1. The van der Waals surface area contributed by atoms with E-state index >= 15 is 0 Å². The molecule has 6 nitrogen and oxygen atoms in total. The van der Waals surface area contributed by atoms with E-state index in [0.29, 0.717) is 13.0 Å². The number of methoxy groups -OCH3 is 2. The Morgan fingerprint density at radius 3 is 2.71 bits per heavy atom. The standard InChI is InChI=1S/C18H22N2O4/c1-19-10-12(14-6-4-5-7-15(14)19)8-17(21)20-11-13(23-2)9-16(20)18(22)24-3/h4-7,10,13,16H,8-9,11H2,1-3H3/t13-,16-/m1/s1. The molecule has 0 spiro atoms. The summed E-state index contributed by atoms with van der Waals surface area (Å²) in [6, 6.07) is 7.41. The number of aryl methyl sites for hydroxylation is 1. The van der Waals surface area contributed by atoms with Gasteiger partial charge in [0.05, 0.1) is 19.6 Å². The molecule has 0 unspecified atom stereocenters. The van der Waals surface area contributed by atoms with Gasteiger partial charge >= 0.3 is 5.97 Å². The van der Waals surface area contributed by atoms with Gasteiger partial charge in [-0.15, -0.1) is 0 Å². The van der Waals surface area contributed by atoms with Crippen molar-refractivity contribution in [3.8, 4) is 0 Å². The summed E-state index contributed by atoms with van der Waals surface area (Å²) in [6.45, 7) is 0.417. The van der Waals surface area contributed by atoms with Crippen molar-refractivity contribution in [1.29, 1.82) is 0 Å². The monoisotopic (exact) mass is 330 g/mol. The first-order valence-electron chi connectivity index (χ1n) is 7.98. The van der Waals surface area contributed by atoms with Gasteiger partial charge in [0.2, 0.25) is 5.91 Å². The fourth-order valence-electron chi connectivity index (χ4n) is 3.43. The minimum absolute atomic E-state index is 0.0821. The Kier molecular flexibility index (Phi) is 4.57. The second kappa shape index (κ2) is 6.65. The van der Waals surface area contributed by atoms with Crippen molar-refractivity contribution < 1.29 is 19.1 Å². The molecule has 1 aromatic heterocycles. The van der Waals surface area contributed by atoms with Gasteiger partial charge in [-0.1, -0.05) is 18.2 Å². The zero-order valence-electron chi connectivity index (χ0n) is 14.2. The van der Waals surface area contributed by atoms with Crippen LogP contribution in [0.15, 0.2) is 30.5 Å². The van der Waals surface area contributed by atoms with Crippen LogP contribution in [0.4, 0.5) is 0 Å². The predicted octanol–water partition coefficient (Wildman–Crippen LogP) is 1.51. The molecule has 2 atom stereocenters. The summed E-state index contributed by atoms with van der Waals surface area (Å²) in [5.41, 5.74) is 2.04. The lowest BCUT2D eigenvalue weighted by molar-refractivity contribution is -0.150. The van der Waals surface area contributed by atoms with Crippen LogP contribution in [0.1, 0.15) is 12.0 Å². The molecular formula is C18H22N2O4. The normalized spacial score (nSPS) is 20.5. The summed E-state index contributed by atoms with van der Waals surface area (Å²) in [7, 11) is 4.90. The van der Waals surface area contributed by atoms with Crippen molar-refractivity contribution in [3.05, 3.63) is 36.0 Å². The molecule has 1 fully saturated rings. The lowest BCUT2D eigenvalue weighted by atomic mass is 10.1. The fraction of sp³-hybridized carbons (Fsp3) is 0.444. The van der Waals surface area contributed by atoms with E-state index in [-0.39, 0.29) is 24.4 Å². The average Bonchev–Trinajstić information content (AvgIpc) is 3.17. The molecule has 1 aromatic carbocycles. The molecule has 6 heteroatoms. The van der Waals surface area contributed by atoms with E-state index < -0.39 is 6.04 Å². The molecule has 128 valence electrons.